The van der Waals surface area contributed by atoms with E-state index in [1.54, 1.807) is 48.5 Å². The third kappa shape index (κ3) is 5.18. The molecule has 0 aliphatic heterocycles. The molecule has 0 atom stereocenters. The molecule has 140 valence electrons. The normalized spacial score (nSPS) is 10.1. The van der Waals surface area contributed by atoms with Gasteiger partial charge in [0.2, 0.25) is 17.7 Å². The van der Waals surface area contributed by atoms with Crippen molar-refractivity contribution in [2.75, 3.05) is 16.4 Å². The van der Waals surface area contributed by atoms with E-state index in [0.29, 0.717) is 28.4 Å². The van der Waals surface area contributed by atoms with Gasteiger partial charge in [-0.25, -0.2) is 0 Å². The molecule has 2 aromatic carbocycles. The van der Waals surface area contributed by atoms with Gasteiger partial charge in [0.25, 0.3) is 5.22 Å². The molecule has 3 aromatic rings. The minimum Gasteiger partial charge on any atom is -0.411 e. The van der Waals surface area contributed by atoms with E-state index in [9.17, 15) is 9.59 Å². The van der Waals surface area contributed by atoms with Crippen molar-refractivity contribution >= 4 is 35.0 Å². The van der Waals surface area contributed by atoms with E-state index >= 15 is 0 Å². The molecule has 1 aromatic heterocycles. The fourth-order valence-electron chi connectivity index (χ4n) is 2.27. The standard InChI is InChI=1S/C19H15N5O3S/c1-12(25)21-16-4-2-3-14(9-16)18-23-24-19(27-18)28-11-17(26)22-15-7-5-13(10-20)6-8-15/h2-9H,11H2,1H3,(H,21,25)(H,22,26). The maximum Gasteiger partial charge on any atom is 0.277 e. The predicted octanol–water partition coefficient (Wildman–Crippen LogP) is 3.30. The van der Waals surface area contributed by atoms with Crippen LogP contribution in [0, 0.1) is 11.3 Å². The summed E-state index contributed by atoms with van der Waals surface area (Å²) in [5.41, 5.74) is 2.41. The molecule has 9 heteroatoms. The van der Waals surface area contributed by atoms with Crippen LogP contribution in [0.1, 0.15) is 12.5 Å². The van der Waals surface area contributed by atoms with Gasteiger partial charge in [-0.15, -0.1) is 10.2 Å². The van der Waals surface area contributed by atoms with Gasteiger partial charge in [0.15, 0.2) is 0 Å². The summed E-state index contributed by atoms with van der Waals surface area (Å²) in [6, 6.07) is 15.6. The van der Waals surface area contributed by atoms with Crippen LogP contribution in [0.4, 0.5) is 11.4 Å². The summed E-state index contributed by atoms with van der Waals surface area (Å²) in [5.74, 6) is -0.0235. The smallest absolute Gasteiger partial charge is 0.277 e. The average molecular weight is 393 g/mol. The zero-order valence-electron chi connectivity index (χ0n) is 14.8. The van der Waals surface area contributed by atoms with Gasteiger partial charge in [-0.3, -0.25) is 9.59 Å². The van der Waals surface area contributed by atoms with Crippen LogP contribution >= 0.6 is 11.8 Å². The van der Waals surface area contributed by atoms with E-state index in [4.69, 9.17) is 9.68 Å². The molecule has 0 saturated heterocycles. The van der Waals surface area contributed by atoms with Gasteiger partial charge in [0, 0.05) is 23.9 Å². The van der Waals surface area contributed by atoms with E-state index in [2.05, 4.69) is 20.8 Å². The summed E-state index contributed by atoms with van der Waals surface area (Å²) < 4.78 is 5.57. The van der Waals surface area contributed by atoms with Crippen LogP contribution in [-0.4, -0.2) is 27.8 Å². The molecule has 8 nitrogen and oxygen atoms in total. The van der Waals surface area contributed by atoms with Crippen LogP contribution in [0.2, 0.25) is 0 Å². The van der Waals surface area contributed by atoms with Gasteiger partial charge in [-0.1, -0.05) is 17.8 Å². The molecule has 3 rings (SSSR count). The number of aromatic nitrogens is 2. The third-order valence-corrected chi connectivity index (χ3v) is 4.28. The summed E-state index contributed by atoms with van der Waals surface area (Å²) in [7, 11) is 0. The van der Waals surface area contributed by atoms with Crippen LogP contribution in [0.15, 0.2) is 58.2 Å². The van der Waals surface area contributed by atoms with Gasteiger partial charge in [-0.2, -0.15) is 5.26 Å². The van der Waals surface area contributed by atoms with E-state index in [0.717, 1.165) is 11.8 Å². The third-order valence-electron chi connectivity index (χ3n) is 3.46. The van der Waals surface area contributed by atoms with Gasteiger partial charge in [-0.05, 0) is 42.5 Å². The number of nitrogens with one attached hydrogen (secondary N) is 2. The molecule has 0 aliphatic carbocycles. The number of nitriles is 1. The molecule has 0 radical (unpaired) electrons. The molecule has 0 spiro atoms. The van der Waals surface area contributed by atoms with Crippen LogP contribution in [0.25, 0.3) is 11.5 Å². The maximum absolute atomic E-state index is 12.0. The van der Waals surface area contributed by atoms with Crippen LogP contribution in [-0.2, 0) is 9.59 Å². The second kappa shape index (κ2) is 8.83. The Hall–Kier alpha value is -3.64. The van der Waals surface area contributed by atoms with Crippen LogP contribution in [0.3, 0.4) is 0 Å². The number of thioether (sulfide) groups is 1. The zero-order valence-corrected chi connectivity index (χ0v) is 15.6. The number of nitrogens with zero attached hydrogens (tertiary/aromatic N) is 3. The summed E-state index contributed by atoms with van der Waals surface area (Å²) in [6.07, 6.45) is 0. The number of anilines is 2. The molecule has 28 heavy (non-hydrogen) atoms. The molecule has 0 saturated carbocycles. The lowest BCUT2D eigenvalue weighted by Gasteiger charge is -2.03. The molecule has 1 heterocycles. The lowest BCUT2D eigenvalue weighted by Crippen LogP contribution is -2.13. The number of carbonyl (C=O) groups is 2. The van der Waals surface area contributed by atoms with Gasteiger partial charge in [0.05, 0.1) is 17.4 Å². The quantitative estimate of drug-likeness (QED) is 0.616. The van der Waals surface area contributed by atoms with Crippen molar-refractivity contribution < 1.29 is 14.0 Å². The van der Waals surface area contributed by atoms with E-state index < -0.39 is 0 Å². The van der Waals surface area contributed by atoms with Gasteiger partial charge in [0.1, 0.15) is 0 Å². The topological polar surface area (TPSA) is 121 Å². The number of rotatable bonds is 6. The lowest BCUT2D eigenvalue weighted by atomic mass is 10.2. The molecule has 0 fully saturated rings. The Balaban J connectivity index is 1.58. The number of benzene rings is 2. The number of carbonyl (C=O) groups excluding carboxylic acids is 2. The van der Waals surface area contributed by atoms with Crippen LogP contribution in [0.5, 0.6) is 0 Å². The van der Waals surface area contributed by atoms with Crippen molar-refractivity contribution in [1.29, 1.82) is 5.26 Å². The first kappa shape index (κ1) is 19.1. The second-order valence-corrected chi connectivity index (χ2v) is 6.59. The van der Waals surface area contributed by atoms with Gasteiger partial charge >= 0.3 is 0 Å². The van der Waals surface area contributed by atoms with Crippen molar-refractivity contribution in [2.45, 2.75) is 12.1 Å². The molecule has 0 aliphatic rings. The van der Waals surface area contributed by atoms with Crippen molar-refractivity contribution in [3.63, 3.8) is 0 Å². The summed E-state index contributed by atoms with van der Waals surface area (Å²) in [6.45, 7) is 1.43. The van der Waals surface area contributed by atoms with E-state index in [-0.39, 0.29) is 22.8 Å². The Bertz CT molecular complexity index is 1040. The fourth-order valence-corrected chi connectivity index (χ4v) is 2.83. The zero-order chi connectivity index (χ0) is 19.9. The fraction of sp³-hybridized carbons (Fsp3) is 0.105. The summed E-state index contributed by atoms with van der Waals surface area (Å²) >= 11 is 1.11. The summed E-state index contributed by atoms with van der Waals surface area (Å²) in [5, 5.41) is 22.4. The number of hydrogen-bond donors (Lipinski definition) is 2. The Morgan fingerprint density at radius 3 is 2.61 bits per heavy atom. The summed E-state index contributed by atoms with van der Waals surface area (Å²) in [4.78, 5) is 23.2. The first-order valence-corrected chi connectivity index (χ1v) is 9.16. The highest BCUT2D eigenvalue weighted by molar-refractivity contribution is 7.99. The first-order valence-electron chi connectivity index (χ1n) is 8.18. The highest BCUT2D eigenvalue weighted by atomic mass is 32.2. The largest absolute Gasteiger partial charge is 0.411 e. The minimum absolute atomic E-state index is 0.0908. The highest BCUT2D eigenvalue weighted by Crippen LogP contribution is 2.25. The highest BCUT2D eigenvalue weighted by Gasteiger charge is 2.12. The Morgan fingerprint density at radius 2 is 1.89 bits per heavy atom. The van der Waals surface area contributed by atoms with Crippen LogP contribution < -0.4 is 10.6 Å². The Kier molecular flexibility index (Phi) is 6.04. The average Bonchev–Trinajstić information content (AvgIpc) is 3.16. The SMILES string of the molecule is CC(=O)Nc1cccc(-c2nnc(SCC(=O)Nc3ccc(C#N)cc3)o2)c1. The van der Waals surface area contributed by atoms with E-state index in [1.165, 1.54) is 6.92 Å². The Morgan fingerprint density at radius 1 is 1.11 bits per heavy atom. The lowest BCUT2D eigenvalue weighted by molar-refractivity contribution is -0.114. The number of amides is 2. The minimum atomic E-state index is -0.234. The molecule has 2 amide bonds. The maximum atomic E-state index is 12.0. The van der Waals surface area contributed by atoms with Gasteiger partial charge < -0.3 is 15.1 Å². The second-order valence-electron chi connectivity index (χ2n) is 5.66. The molecular formula is C19H15N5O3S. The van der Waals surface area contributed by atoms with E-state index in [1.807, 2.05) is 6.07 Å². The Labute approximate surface area is 165 Å². The predicted molar refractivity (Wildman–Crippen MR) is 105 cm³/mol. The molecular weight excluding hydrogens is 378 g/mol. The monoisotopic (exact) mass is 393 g/mol. The molecule has 0 unspecified atom stereocenters. The first-order chi connectivity index (χ1) is 13.5. The van der Waals surface area contributed by atoms with Crippen molar-refractivity contribution in [1.82, 2.24) is 10.2 Å². The van der Waals surface area contributed by atoms with Crippen molar-refractivity contribution in [3.8, 4) is 17.5 Å². The number of hydrogen-bond acceptors (Lipinski definition) is 7. The molecule has 2 N–H and O–H groups in total. The van der Waals surface area contributed by atoms with Crippen molar-refractivity contribution in [3.05, 3.63) is 54.1 Å². The molecule has 0 bridgehead atoms. The van der Waals surface area contributed by atoms with Crippen molar-refractivity contribution in [2.24, 2.45) is 0 Å².